The quantitative estimate of drug-likeness (QED) is 0.840. The van der Waals surface area contributed by atoms with Crippen molar-refractivity contribution in [2.24, 2.45) is 5.92 Å². The van der Waals surface area contributed by atoms with Gasteiger partial charge in [0.2, 0.25) is 0 Å². The number of H-pyrrole nitrogens is 1. The van der Waals surface area contributed by atoms with Gasteiger partial charge in [0.15, 0.2) is 0 Å². The van der Waals surface area contributed by atoms with Crippen LogP contribution in [0.4, 0.5) is 0 Å². The number of carbonyl (C=O) groups is 2. The number of likely N-dealkylation sites (tertiary alicyclic amines) is 1. The predicted molar refractivity (Wildman–Crippen MR) is 64.5 cm³/mol. The molecule has 1 fully saturated rings. The fourth-order valence-electron chi connectivity index (χ4n) is 1.97. The van der Waals surface area contributed by atoms with Gasteiger partial charge < -0.3 is 14.6 Å². The highest BCUT2D eigenvalue weighted by molar-refractivity contribution is 9.10. The van der Waals surface area contributed by atoms with E-state index < -0.39 is 0 Å². The molecule has 17 heavy (non-hydrogen) atoms. The third kappa shape index (κ3) is 2.52. The molecule has 92 valence electrons. The molecule has 0 spiro atoms. The van der Waals surface area contributed by atoms with Crippen molar-refractivity contribution in [1.29, 1.82) is 0 Å². The van der Waals surface area contributed by atoms with Gasteiger partial charge in [0.05, 0.1) is 13.0 Å². The van der Waals surface area contributed by atoms with Crippen LogP contribution < -0.4 is 0 Å². The lowest BCUT2D eigenvalue weighted by Crippen LogP contribution is -2.30. The number of aromatic nitrogens is 1. The number of nitrogens with zero attached hydrogens (tertiary/aromatic N) is 1. The minimum atomic E-state index is -0.243. The molecule has 0 bridgehead atoms. The van der Waals surface area contributed by atoms with Gasteiger partial charge in [0, 0.05) is 23.8 Å². The van der Waals surface area contributed by atoms with Crippen molar-refractivity contribution < 1.29 is 14.3 Å². The molecule has 2 rings (SSSR count). The lowest BCUT2D eigenvalue weighted by atomic mass is 10.1. The van der Waals surface area contributed by atoms with E-state index in [2.05, 4.69) is 25.7 Å². The molecule has 0 radical (unpaired) electrons. The van der Waals surface area contributed by atoms with E-state index in [1.165, 1.54) is 7.11 Å². The zero-order chi connectivity index (χ0) is 12.4. The molecule has 0 aliphatic carbocycles. The Hall–Kier alpha value is -1.30. The molecular weight excluding hydrogens is 288 g/mol. The Morgan fingerprint density at radius 3 is 2.94 bits per heavy atom. The normalized spacial score (nSPS) is 19.4. The summed E-state index contributed by atoms with van der Waals surface area (Å²) in [6, 6.07) is 1.73. The number of rotatable bonds is 2. The van der Waals surface area contributed by atoms with Gasteiger partial charge in [0.25, 0.3) is 5.91 Å². The minimum Gasteiger partial charge on any atom is -0.469 e. The van der Waals surface area contributed by atoms with Crippen molar-refractivity contribution in [3.05, 3.63) is 22.4 Å². The van der Waals surface area contributed by atoms with E-state index in [9.17, 15) is 9.59 Å². The van der Waals surface area contributed by atoms with Crippen LogP contribution in [0.25, 0.3) is 0 Å². The van der Waals surface area contributed by atoms with Gasteiger partial charge in [-0.25, -0.2) is 0 Å². The van der Waals surface area contributed by atoms with Crippen molar-refractivity contribution in [3.63, 3.8) is 0 Å². The summed E-state index contributed by atoms with van der Waals surface area (Å²) >= 11 is 3.28. The number of hydrogen-bond acceptors (Lipinski definition) is 3. The van der Waals surface area contributed by atoms with E-state index in [-0.39, 0.29) is 17.8 Å². The second-order valence-corrected chi connectivity index (χ2v) is 4.91. The highest BCUT2D eigenvalue weighted by atomic mass is 79.9. The molecule has 0 saturated carbocycles. The summed E-state index contributed by atoms with van der Waals surface area (Å²) in [7, 11) is 1.37. The van der Waals surface area contributed by atoms with E-state index in [4.69, 9.17) is 0 Å². The molecule has 1 N–H and O–H groups in total. The maximum atomic E-state index is 12.0. The van der Waals surface area contributed by atoms with Crippen LogP contribution in [-0.2, 0) is 9.53 Å². The zero-order valence-corrected chi connectivity index (χ0v) is 11.0. The van der Waals surface area contributed by atoms with E-state index >= 15 is 0 Å². The van der Waals surface area contributed by atoms with Crippen molar-refractivity contribution in [3.8, 4) is 0 Å². The molecule has 2 heterocycles. The van der Waals surface area contributed by atoms with Crippen molar-refractivity contribution in [2.45, 2.75) is 6.42 Å². The first-order valence-corrected chi connectivity index (χ1v) is 6.12. The number of carbonyl (C=O) groups excluding carboxylic acids is 2. The predicted octanol–water partition coefficient (Wildman–Crippen LogP) is 1.41. The first kappa shape index (κ1) is 12.2. The van der Waals surface area contributed by atoms with Crippen molar-refractivity contribution in [2.75, 3.05) is 20.2 Å². The lowest BCUT2D eigenvalue weighted by Gasteiger charge is -2.14. The van der Waals surface area contributed by atoms with Crippen LogP contribution in [0, 0.1) is 5.92 Å². The molecule has 1 amide bonds. The Bertz CT molecular complexity index is 444. The average molecular weight is 301 g/mol. The highest BCUT2D eigenvalue weighted by Crippen LogP contribution is 2.20. The van der Waals surface area contributed by atoms with Gasteiger partial charge in [-0.3, -0.25) is 9.59 Å². The Morgan fingerprint density at radius 1 is 1.59 bits per heavy atom. The molecule has 0 aromatic carbocycles. The molecule has 6 heteroatoms. The van der Waals surface area contributed by atoms with Crippen LogP contribution in [0.3, 0.4) is 0 Å². The molecule has 1 atom stereocenters. The van der Waals surface area contributed by atoms with Crippen molar-refractivity contribution >= 4 is 27.8 Å². The number of halogens is 1. The standard InChI is InChI=1S/C11H13BrN2O3/c1-17-11(16)7-2-3-14(6-7)10(15)9-4-8(12)5-13-9/h4-5,7,13H,2-3,6H2,1H3. The van der Waals surface area contributed by atoms with Crippen LogP contribution >= 0.6 is 15.9 Å². The Morgan fingerprint density at radius 2 is 2.35 bits per heavy atom. The molecule has 1 unspecified atom stereocenters. The largest absolute Gasteiger partial charge is 0.469 e. The summed E-state index contributed by atoms with van der Waals surface area (Å²) in [6.45, 7) is 1.03. The number of hydrogen-bond donors (Lipinski definition) is 1. The van der Waals surface area contributed by atoms with Crippen LogP contribution in [0.15, 0.2) is 16.7 Å². The van der Waals surface area contributed by atoms with Gasteiger partial charge in [-0.15, -0.1) is 0 Å². The number of amides is 1. The summed E-state index contributed by atoms with van der Waals surface area (Å²) in [4.78, 5) is 27.9. The Kier molecular flexibility index (Phi) is 3.51. The van der Waals surface area contributed by atoms with Crippen LogP contribution in [0.5, 0.6) is 0 Å². The molecule has 1 aliphatic heterocycles. The Balaban J connectivity index is 2.01. The lowest BCUT2D eigenvalue weighted by molar-refractivity contribution is -0.144. The monoisotopic (exact) mass is 300 g/mol. The highest BCUT2D eigenvalue weighted by Gasteiger charge is 2.32. The van der Waals surface area contributed by atoms with E-state index in [0.29, 0.717) is 25.2 Å². The van der Waals surface area contributed by atoms with Gasteiger partial charge in [-0.1, -0.05) is 0 Å². The second kappa shape index (κ2) is 4.91. The Labute approximate surface area is 107 Å². The first-order valence-electron chi connectivity index (χ1n) is 5.33. The average Bonchev–Trinajstić information content (AvgIpc) is 2.95. The minimum absolute atomic E-state index is 0.0814. The molecule has 1 aromatic rings. The van der Waals surface area contributed by atoms with Gasteiger partial charge in [0.1, 0.15) is 5.69 Å². The first-order chi connectivity index (χ1) is 8.11. The van der Waals surface area contributed by atoms with Crippen LogP contribution in [-0.4, -0.2) is 42.0 Å². The second-order valence-electron chi connectivity index (χ2n) is 3.99. The topological polar surface area (TPSA) is 62.4 Å². The maximum absolute atomic E-state index is 12.0. The smallest absolute Gasteiger partial charge is 0.310 e. The third-order valence-corrected chi connectivity index (χ3v) is 3.35. The number of nitrogens with one attached hydrogen (secondary N) is 1. The van der Waals surface area contributed by atoms with E-state index in [1.807, 2.05) is 0 Å². The summed E-state index contributed by atoms with van der Waals surface area (Å²) in [5.41, 5.74) is 0.530. The SMILES string of the molecule is COC(=O)C1CCN(C(=O)c2cc(Br)c[nH]2)C1. The molecule has 1 aliphatic rings. The number of methoxy groups -OCH3 is 1. The van der Waals surface area contributed by atoms with E-state index in [1.54, 1.807) is 17.2 Å². The van der Waals surface area contributed by atoms with Gasteiger partial charge in [-0.05, 0) is 28.4 Å². The van der Waals surface area contributed by atoms with Gasteiger partial charge in [-0.2, -0.15) is 0 Å². The molecular formula is C11H13BrN2O3. The van der Waals surface area contributed by atoms with Crippen LogP contribution in [0.1, 0.15) is 16.9 Å². The zero-order valence-electron chi connectivity index (χ0n) is 9.40. The summed E-state index contributed by atoms with van der Waals surface area (Å²) < 4.78 is 5.52. The summed E-state index contributed by atoms with van der Waals surface area (Å²) in [5.74, 6) is -0.516. The summed E-state index contributed by atoms with van der Waals surface area (Å²) in [6.07, 6.45) is 2.38. The summed E-state index contributed by atoms with van der Waals surface area (Å²) in [5, 5.41) is 0. The fourth-order valence-corrected chi connectivity index (χ4v) is 2.31. The fraction of sp³-hybridized carbons (Fsp3) is 0.455. The molecule has 1 aromatic heterocycles. The van der Waals surface area contributed by atoms with Crippen LogP contribution in [0.2, 0.25) is 0 Å². The molecule has 1 saturated heterocycles. The number of ether oxygens (including phenoxy) is 1. The molecule has 5 nitrogen and oxygen atoms in total. The van der Waals surface area contributed by atoms with Gasteiger partial charge >= 0.3 is 5.97 Å². The maximum Gasteiger partial charge on any atom is 0.310 e. The van der Waals surface area contributed by atoms with E-state index in [0.717, 1.165) is 4.47 Å². The van der Waals surface area contributed by atoms with Crippen molar-refractivity contribution in [1.82, 2.24) is 9.88 Å². The number of esters is 1. The number of aromatic amines is 1. The third-order valence-electron chi connectivity index (χ3n) is 2.89.